The van der Waals surface area contributed by atoms with Gasteiger partial charge in [-0.25, -0.2) is 13.6 Å². The summed E-state index contributed by atoms with van der Waals surface area (Å²) in [5.74, 6) is -1.98. The van der Waals surface area contributed by atoms with E-state index in [0.717, 1.165) is 15.2 Å². The molecule has 1 heterocycles. The molecule has 2 aromatic rings. The van der Waals surface area contributed by atoms with E-state index < -0.39 is 22.9 Å². The lowest BCUT2D eigenvalue weighted by atomic mass is 10.2. The average Bonchev–Trinajstić information content (AvgIpc) is 2.43. The van der Waals surface area contributed by atoms with Gasteiger partial charge in [0.25, 0.3) is 5.56 Å². The first-order valence-corrected chi connectivity index (χ1v) is 5.98. The van der Waals surface area contributed by atoms with E-state index in [-0.39, 0.29) is 25.2 Å². The highest BCUT2D eigenvalue weighted by Gasteiger charge is 2.10. The molecule has 1 aromatic heterocycles. The van der Waals surface area contributed by atoms with Crippen molar-refractivity contribution in [1.29, 1.82) is 0 Å². The Hall–Kier alpha value is -2.28. The number of benzene rings is 1. The molecule has 0 bridgehead atoms. The Labute approximate surface area is 112 Å². The first kappa shape index (κ1) is 14.1. The third-order valence-corrected chi connectivity index (χ3v) is 2.86. The summed E-state index contributed by atoms with van der Waals surface area (Å²) in [5, 5.41) is 0. The molecule has 0 saturated carbocycles. The number of hydrogen-bond donors (Lipinski definition) is 1. The van der Waals surface area contributed by atoms with E-state index in [0.29, 0.717) is 0 Å². The Bertz CT molecular complexity index is 737. The average molecular weight is 281 g/mol. The first-order valence-electron chi connectivity index (χ1n) is 5.98. The second-order valence-electron chi connectivity index (χ2n) is 4.22. The lowest BCUT2D eigenvalue weighted by Gasteiger charge is -2.10. The highest BCUT2D eigenvalue weighted by atomic mass is 19.2. The molecule has 0 unspecified atom stereocenters. The molecule has 5 nitrogen and oxygen atoms in total. The molecule has 1 aromatic carbocycles. The Morgan fingerprint density at radius 3 is 2.60 bits per heavy atom. The van der Waals surface area contributed by atoms with Gasteiger partial charge in [0.05, 0.1) is 6.54 Å². The van der Waals surface area contributed by atoms with E-state index >= 15 is 0 Å². The van der Waals surface area contributed by atoms with Gasteiger partial charge >= 0.3 is 5.69 Å². The van der Waals surface area contributed by atoms with E-state index in [2.05, 4.69) is 0 Å². The van der Waals surface area contributed by atoms with E-state index in [9.17, 15) is 18.4 Å². The summed E-state index contributed by atoms with van der Waals surface area (Å²) in [5.41, 5.74) is 4.28. The summed E-state index contributed by atoms with van der Waals surface area (Å²) in [7, 11) is 0. The van der Waals surface area contributed by atoms with Crippen LogP contribution >= 0.6 is 0 Å². The van der Waals surface area contributed by atoms with E-state index in [1.54, 1.807) is 0 Å². The lowest BCUT2D eigenvalue weighted by Crippen LogP contribution is -2.40. The highest BCUT2D eigenvalue weighted by molar-refractivity contribution is 5.19. The van der Waals surface area contributed by atoms with Crippen LogP contribution in [0.4, 0.5) is 8.78 Å². The van der Waals surface area contributed by atoms with Gasteiger partial charge in [-0.2, -0.15) is 0 Å². The third-order valence-electron chi connectivity index (χ3n) is 2.86. The van der Waals surface area contributed by atoms with E-state index in [1.807, 2.05) is 0 Å². The van der Waals surface area contributed by atoms with Crippen LogP contribution in [0.2, 0.25) is 0 Å². The van der Waals surface area contributed by atoms with Crippen molar-refractivity contribution in [1.82, 2.24) is 9.13 Å². The summed E-state index contributed by atoms with van der Waals surface area (Å²) in [4.78, 5) is 23.6. The predicted molar refractivity (Wildman–Crippen MR) is 69.5 cm³/mol. The Balaban J connectivity index is 2.45. The second kappa shape index (κ2) is 5.79. The van der Waals surface area contributed by atoms with Crippen molar-refractivity contribution in [2.75, 3.05) is 6.54 Å². The fraction of sp³-hybridized carbons (Fsp3) is 0.231. The van der Waals surface area contributed by atoms with Gasteiger partial charge in [-0.15, -0.1) is 0 Å². The van der Waals surface area contributed by atoms with Crippen LogP contribution < -0.4 is 17.0 Å². The van der Waals surface area contributed by atoms with Crippen LogP contribution in [0.1, 0.15) is 5.56 Å². The lowest BCUT2D eigenvalue weighted by molar-refractivity contribution is 0.490. The summed E-state index contributed by atoms with van der Waals surface area (Å²) in [6.45, 7) is 0.0465. The molecule has 0 radical (unpaired) electrons. The van der Waals surface area contributed by atoms with Gasteiger partial charge in [0.1, 0.15) is 0 Å². The SMILES string of the molecule is NCCn1c(=O)ccn(Cc2cccc(F)c2F)c1=O. The van der Waals surface area contributed by atoms with E-state index in [4.69, 9.17) is 5.73 Å². The fourth-order valence-corrected chi connectivity index (χ4v) is 1.87. The zero-order chi connectivity index (χ0) is 14.7. The number of nitrogens with zero attached hydrogens (tertiary/aromatic N) is 2. The number of hydrogen-bond acceptors (Lipinski definition) is 3. The van der Waals surface area contributed by atoms with Gasteiger partial charge in [-0.05, 0) is 6.07 Å². The van der Waals surface area contributed by atoms with Crippen LogP contribution in [-0.4, -0.2) is 15.7 Å². The number of halogens is 2. The van der Waals surface area contributed by atoms with Crippen LogP contribution in [0.25, 0.3) is 0 Å². The van der Waals surface area contributed by atoms with Gasteiger partial charge in [-0.3, -0.25) is 13.9 Å². The summed E-state index contributed by atoms with van der Waals surface area (Å²) < 4.78 is 28.8. The molecule has 2 rings (SSSR count). The van der Waals surface area contributed by atoms with Crippen molar-refractivity contribution < 1.29 is 8.78 Å². The monoisotopic (exact) mass is 281 g/mol. The Kier molecular flexibility index (Phi) is 4.09. The minimum atomic E-state index is -1.00. The van der Waals surface area contributed by atoms with E-state index in [1.165, 1.54) is 24.4 Å². The van der Waals surface area contributed by atoms with Crippen molar-refractivity contribution in [2.24, 2.45) is 5.73 Å². The van der Waals surface area contributed by atoms with Crippen molar-refractivity contribution in [3.05, 3.63) is 68.5 Å². The zero-order valence-electron chi connectivity index (χ0n) is 10.6. The maximum absolute atomic E-state index is 13.6. The molecule has 0 aliphatic heterocycles. The van der Waals surface area contributed by atoms with Crippen LogP contribution in [0.5, 0.6) is 0 Å². The van der Waals surface area contributed by atoms with Gasteiger partial charge in [0.15, 0.2) is 11.6 Å². The third kappa shape index (κ3) is 2.67. The molecule has 106 valence electrons. The number of aromatic nitrogens is 2. The Morgan fingerprint density at radius 2 is 1.90 bits per heavy atom. The molecule has 0 saturated heterocycles. The molecule has 2 N–H and O–H groups in total. The van der Waals surface area contributed by atoms with Gasteiger partial charge < -0.3 is 5.73 Å². The predicted octanol–water partition coefficient (Wildman–Crippen LogP) is 0.295. The molecule has 20 heavy (non-hydrogen) atoms. The molecule has 7 heteroatoms. The molecule has 0 spiro atoms. The molecular weight excluding hydrogens is 268 g/mol. The van der Waals surface area contributed by atoms with Crippen LogP contribution in [0.15, 0.2) is 40.1 Å². The normalized spacial score (nSPS) is 10.8. The topological polar surface area (TPSA) is 70.0 Å². The van der Waals surface area contributed by atoms with Crippen molar-refractivity contribution >= 4 is 0 Å². The first-order chi connectivity index (χ1) is 9.54. The van der Waals surface area contributed by atoms with Gasteiger partial charge in [-0.1, -0.05) is 12.1 Å². The Morgan fingerprint density at radius 1 is 1.15 bits per heavy atom. The maximum Gasteiger partial charge on any atom is 0.331 e. The highest BCUT2D eigenvalue weighted by Crippen LogP contribution is 2.11. The minimum Gasteiger partial charge on any atom is -0.329 e. The minimum absolute atomic E-state index is 0.0325. The van der Waals surface area contributed by atoms with Crippen LogP contribution in [0, 0.1) is 11.6 Å². The number of rotatable bonds is 4. The quantitative estimate of drug-likeness (QED) is 0.876. The van der Waals surface area contributed by atoms with Crippen LogP contribution in [0.3, 0.4) is 0 Å². The van der Waals surface area contributed by atoms with Crippen molar-refractivity contribution in [3.8, 4) is 0 Å². The molecule has 0 aliphatic carbocycles. The molecule has 0 aliphatic rings. The summed E-state index contributed by atoms with van der Waals surface area (Å²) in [6, 6.07) is 4.92. The van der Waals surface area contributed by atoms with Crippen molar-refractivity contribution in [2.45, 2.75) is 13.1 Å². The smallest absolute Gasteiger partial charge is 0.329 e. The standard InChI is InChI=1S/C13H13F2N3O2/c14-10-3-1-2-9(12(10)15)8-17-6-4-11(19)18(7-5-16)13(17)20/h1-4,6H,5,7-8,16H2. The van der Waals surface area contributed by atoms with Gasteiger partial charge in [0, 0.05) is 30.9 Å². The second-order valence-corrected chi connectivity index (χ2v) is 4.22. The largest absolute Gasteiger partial charge is 0.331 e. The summed E-state index contributed by atoms with van der Waals surface area (Å²) in [6.07, 6.45) is 1.25. The maximum atomic E-state index is 13.6. The fourth-order valence-electron chi connectivity index (χ4n) is 1.87. The molecule has 0 fully saturated rings. The van der Waals surface area contributed by atoms with Crippen molar-refractivity contribution in [3.63, 3.8) is 0 Å². The zero-order valence-corrected chi connectivity index (χ0v) is 10.6. The molecule has 0 amide bonds. The van der Waals surface area contributed by atoms with Crippen LogP contribution in [-0.2, 0) is 13.1 Å². The summed E-state index contributed by atoms with van der Waals surface area (Å²) >= 11 is 0. The van der Waals surface area contributed by atoms with Gasteiger partial charge in [0.2, 0.25) is 0 Å². The molecular formula is C13H13F2N3O2. The number of nitrogens with two attached hydrogens (primary N) is 1. The molecule has 0 atom stereocenters.